The lowest BCUT2D eigenvalue weighted by Gasteiger charge is -2.33. The zero-order valence-corrected chi connectivity index (χ0v) is 16.1. The van der Waals surface area contributed by atoms with Gasteiger partial charge in [0.05, 0.1) is 25.8 Å². The number of rotatable bonds is 11. The van der Waals surface area contributed by atoms with Crippen molar-refractivity contribution in [3.8, 4) is 5.75 Å². The Morgan fingerprint density at radius 1 is 1.28 bits per heavy atom. The number of ether oxygens (including phenoxy) is 2. The van der Waals surface area contributed by atoms with E-state index in [-0.39, 0.29) is 19.8 Å². The molecule has 3 N–H and O–H groups in total. The van der Waals surface area contributed by atoms with Crippen molar-refractivity contribution in [2.45, 2.75) is 25.9 Å². The minimum Gasteiger partial charge on any atom is -0.497 e. The van der Waals surface area contributed by atoms with Crippen LogP contribution in [0.4, 0.5) is 0 Å². The number of nitrogens with two attached hydrogens (primary N) is 1. The maximum Gasteiger partial charge on any atom is 0.382 e. The van der Waals surface area contributed by atoms with Crippen molar-refractivity contribution in [1.29, 1.82) is 0 Å². The van der Waals surface area contributed by atoms with Crippen LogP contribution >= 0.6 is 19.8 Å². The zero-order chi connectivity index (χ0) is 18.9. The van der Waals surface area contributed by atoms with Crippen molar-refractivity contribution < 1.29 is 27.9 Å². The van der Waals surface area contributed by atoms with Crippen LogP contribution in [0.5, 0.6) is 5.75 Å². The lowest BCUT2D eigenvalue weighted by molar-refractivity contribution is -0.149. The number of carbonyl (C=O) groups is 1. The molecule has 25 heavy (non-hydrogen) atoms. The third kappa shape index (κ3) is 5.23. The van der Waals surface area contributed by atoms with Gasteiger partial charge in [-0.15, -0.1) is 0 Å². The molecule has 0 saturated heterocycles. The minimum atomic E-state index is -4.07. The minimum absolute atomic E-state index is 0.0289. The molecular weight excluding hydrogens is 367 g/mol. The summed E-state index contributed by atoms with van der Waals surface area (Å²) < 4.78 is 33.5. The van der Waals surface area contributed by atoms with Crippen LogP contribution < -0.4 is 15.8 Å². The van der Waals surface area contributed by atoms with E-state index in [0.29, 0.717) is 11.3 Å². The Bertz CT molecular complexity index is 617. The highest BCUT2D eigenvalue weighted by Gasteiger charge is 2.55. The molecule has 0 saturated carbocycles. The van der Waals surface area contributed by atoms with E-state index < -0.39 is 19.0 Å². The first-order valence-electron chi connectivity index (χ1n) is 7.56. The Morgan fingerprint density at radius 3 is 2.28 bits per heavy atom. The van der Waals surface area contributed by atoms with Crippen LogP contribution in [0.1, 0.15) is 19.4 Å². The van der Waals surface area contributed by atoms with E-state index in [1.807, 2.05) is 0 Å². The number of methoxy groups -OCH3 is 1. The number of thiocarbonyl (C=S) groups is 1. The molecule has 0 aliphatic heterocycles. The summed E-state index contributed by atoms with van der Waals surface area (Å²) in [7, 11) is -2.52. The van der Waals surface area contributed by atoms with Gasteiger partial charge in [-0.3, -0.25) is 10.3 Å². The molecule has 0 aromatic heterocycles. The fourth-order valence-corrected chi connectivity index (χ4v) is 3.85. The van der Waals surface area contributed by atoms with Crippen LogP contribution in [0, 0.1) is 0 Å². The smallest absolute Gasteiger partial charge is 0.382 e. The van der Waals surface area contributed by atoms with Crippen molar-refractivity contribution in [3.05, 3.63) is 29.8 Å². The van der Waals surface area contributed by atoms with Gasteiger partial charge in [0.2, 0.25) is 0 Å². The summed E-state index contributed by atoms with van der Waals surface area (Å²) in [5.74, 6) is -0.336. The summed E-state index contributed by atoms with van der Waals surface area (Å²) in [4.78, 5) is 12.5. The van der Waals surface area contributed by atoms with Crippen molar-refractivity contribution in [2.24, 2.45) is 5.73 Å². The summed E-state index contributed by atoms with van der Waals surface area (Å²) in [5.41, 5.74) is 7.66. The molecule has 0 bridgehead atoms. The maximum atomic E-state index is 12.9. The average molecular weight is 390 g/mol. The summed E-state index contributed by atoms with van der Waals surface area (Å²) in [6, 6.07) is 6.89. The molecule has 0 aliphatic rings. The van der Waals surface area contributed by atoms with Gasteiger partial charge in [0.25, 0.3) is 5.40 Å². The standard InChI is InChI=1S/C15H23N2O6PS/c1-4-22-24(19,23-5-2)15(16,17-11-25)14(18)21-10-12-6-8-13(20-3)9-7-12/h6-9,11H,4-5,10,16H2,1-3H3,(H,17,25). The highest BCUT2D eigenvalue weighted by molar-refractivity contribution is 7.78. The lowest BCUT2D eigenvalue weighted by atomic mass is 10.2. The van der Waals surface area contributed by atoms with E-state index in [2.05, 4.69) is 5.32 Å². The van der Waals surface area contributed by atoms with E-state index in [0.717, 1.165) is 5.49 Å². The first kappa shape index (κ1) is 21.5. The molecule has 10 heteroatoms. The van der Waals surface area contributed by atoms with Gasteiger partial charge < -0.3 is 23.8 Å². The third-order valence-electron chi connectivity index (χ3n) is 3.15. The van der Waals surface area contributed by atoms with Gasteiger partial charge in [-0.1, -0.05) is 24.4 Å². The van der Waals surface area contributed by atoms with E-state index in [1.165, 1.54) is 0 Å². The zero-order valence-electron chi connectivity index (χ0n) is 14.4. The molecule has 1 atom stereocenters. The van der Waals surface area contributed by atoms with Crippen LogP contribution in [0.15, 0.2) is 24.3 Å². The van der Waals surface area contributed by atoms with Crippen LogP contribution in [-0.2, 0) is 29.8 Å². The highest BCUT2D eigenvalue weighted by atomic mass is 32.1. The second kappa shape index (κ2) is 9.84. The Kier molecular flexibility index (Phi) is 8.47. The van der Waals surface area contributed by atoms with Gasteiger partial charge in [-0.2, -0.15) is 0 Å². The third-order valence-corrected chi connectivity index (χ3v) is 5.64. The number of benzene rings is 1. The van der Waals surface area contributed by atoms with Crippen LogP contribution in [-0.4, -0.2) is 37.2 Å². The first-order chi connectivity index (χ1) is 11.9. The fraction of sp³-hybridized carbons (Fsp3) is 0.467. The highest BCUT2D eigenvalue weighted by Crippen LogP contribution is 2.56. The Hall–Kier alpha value is -1.51. The Balaban J connectivity index is 2.96. The fourth-order valence-electron chi connectivity index (χ4n) is 1.90. The molecule has 1 rings (SSSR count). The lowest BCUT2D eigenvalue weighted by Crippen LogP contribution is -2.59. The molecule has 0 spiro atoms. The van der Waals surface area contributed by atoms with Gasteiger partial charge in [0.1, 0.15) is 12.4 Å². The number of carbonyl (C=O) groups excluding carboxylic acids is 1. The number of hydrogen-bond acceptors (Lipinski definition) is 8. The SMILES string of the molecule is CCOP(=O)(OCC)C(N)(NC=S)C(=O)OCc1ccc(OC)cc1. The molecule has 1 aromatic carbocycles. The van der Waals surface area contributed by atoms with E-state index in [4.69, 9.17) is 36.5 Å². The van der Waals surface area contributed by atoms with Gasteiger partial charge in [0.15, 0.2) is 0 Å². The summed E-state index contributed by atoms with van der Waals surface area (Å²) >= 11 is 4.69. The summed E-state index contributed by atoms with van der Waals surface area (Å²) in [6.07, 6.45) is 0. The van der Waals surface area contributed by atoms with Gasteiger partial charge >= 0.3 is 13.6 Å². The van der Waals surface area contributed by atoms with Gasteiger partial charge in [0, 0.05) is 0 Å². The molecule has 8 nitrogen and oxygen atoms in total. The molecule has 0 amide bonds. The van der Waals surface area contributed by atoms with Crippen LogP contribution in [0.3, 0.4) is 0 Å². The molecule has 0 radical (unpaired) electrons. The van der Waals surface area contributed by atoms with Crippen LogP contribution in [0.2, 0.25) is 0 Å². The van der Waals surface area contributed by atoms with E-state index in [9.17, 15) is 9.36 Å². The molecule has 0 heterocycles. The number of nitrogens with one attached hydrogen (secondary N) is 1. The topological polar surface area (TPSA) is 109 Å². The molecule has 0 aliphatic carbocycles. The Morgan fingerprint density at radius 2 is 1.84 bits per heavy atom. The Labute approximate surface area is 152 Å². The first-order valence-corrected chi connectivity index (χ1v) is 9.57. The molecule has 1 aromatic rings. The van der Waals surface area contributed by atoms with Crippen molar-refractivity contribution >= 4 is 31.3 Å². The quantitative estimate of drug-likeness (QED) is 0.254. The van der Waals surface area contributed by atoms with Crippen LogP contribution in [0.25, 0.3) is 0 Å². The van der Waals surface area contributed by atoms with E-state index in [1.54, 1.807) is 45.2 Å². The van der Waals surface area contributed by atoms with Gasteiger partial charge in [-0.25, -0.2) is 4.79 Å². The number of hydrogen-bond donors (Lipinski definition) is 2. The number of esters is 1. The molecule has 1 unspecified atom stereocenters. The average Bonchev–Trinajstić information content (AvgIpc) is 2.60. The molecule has 140 valence electrons. The molecular formula is C15H23N2O6PS. The monoisotopic (exact) mass is 390 g/mol. The summed E-state index contributed by atoms with van der Waals surface area (Å²) in [6.45, 7) is 3.18. The second-order valence-corrected chi connectivity index (χ2v) is 7.24. The normalized spacial score (nSPS) is 13.6. The predicted octanol–water partition coefficient (Wildman–Crippen LogP) is 2.16. The van der Waals surface area contributed by atoms with Crippen molar-refractivity contribution in [3.63, 3.8) is 0 Å². The molecule has 0 fully saturated rings. The second-order valence-electron chi connectivity index (χ2n) is 4.79. The van der Waals surface area contributed by atoms with Crippen molar-refractivity contribution in [2.75, 3.05) is 20.3 Å². The maximum absolute atomic E-state index is 12.9. The summed E-state index contributed by atoms with van der Waals surface area (Å²) in [5, 5.41) is 0.141. The largest absolute Gasteiger partial charge is 0.497 e. The van der Waals surface area contributed by atoms with E-state index >= 15 is 0 Å². The predicted molar refractivity (Wildman–Crippen MR) is 97.4 cm³/mol. The van der Waals surface area contributed by atoms with Gasteiger partial charge in [-0.05, 0) is 31.5 Å². The van der Waals surface area contributed by atoms with Crippen molar-refractivity contribution in [1.82, 2.24) is 5.32 Å².